The number of non-ortho nitro benzene ring substituents is 1. The quantitative estimate of drug-likeness (QED) is 0.516. The van der Waals surface area contributed by atoms with Crippen LogP contribution in [0.2, 0.25) is 5.02 Å². The van der Waals surface area contributed by atoms with Crippen LogP contribution >= 0.6 is 11.6 Å². The first kappa shape index (κ1) is 13.8. The number of nitrogens with two attached hydrogens (primary N) is 1. The summed E-state index contributed by atoms with van der Waals surface area (Å²) in [7, 11) is 0. The highest BCUT2D eigenvalue weighted by molar-refractivity contribution is 6.31. The Morgan fingerprint density at radius 3 is 2.65 bits per heavy atom. The molecule has 0 spiro atoms. The first-order valence-electron chi connectivity index (χ1n) is 5.58. The summed E-state index contributed by atoms with van der Waals surface area (Å²) < 4.78 is 0. The van der Waals surface area contributed by atoms with Gasteiger partial charge in [0, 0.05) is 28.5 Å². The number of hydrogen-bond donors (Lipinski definition) is 2. The van der Waals surface area contributed by atoms with E-state index in [1.165, 1.54) is 12.1 Å². The lowest BCUT2D eigenvalue weighted by molar-refractivity contribution is -0.384. The number of nitrogen functional groups attached to an aromatic ring is 1. The van der Waals surface area contributed by atoms with E-state index in [2.05, 4.69) is 5.32 Å². The van der Waals surface area contributed by atoms with Crippen LogP contribution in [0.25, 0.3) is 0 Å². The summed E-state index contributed by atoms with van der Waals surface area (Å²) in [6.07, 6.45) is 0. The van der Waals surface area contributed by atoms with Gasteiger partial charge in [0.05, 0.1) is 10.5 Å². The number of amides is 1. The molecule has 3 N–H and O–H groups in total. The molecule has 0 aliphatic carbocycles. The van der Waals surface area contributed by atoms with E-state index in [4.69, 9.17) is 17.3 Å². The molecule has 20 heavy (non-hydrogen) atoms. The van der Waals surface area contributed by atoms with Crippen LogP contribution in [0, 0.1) is 10.1 Å². The Morgan fingerprint density at radius 1 is 1.25 bits per heavy atom. The lowest BCUT2D eigenvalue weighted by Gasteiger charge is -2.07. The van der Waals surface area contributed by atoms with Crippen molar-refractivity contribution < 1.29 is 9.72 Å². The predicted molar refractivity (Wildman–Crippen MR) is 76.9 cm³/mol. The van der Waals surface area contributed by atoms with Gasteiger partial charge in [-0.25, -0.2) is 0 Å². The molecule has 0 aromatic heterocycles. The van der Waals surface area contributed by atoms with E-state index >= 15 is 0 Å². The van der Waals surface area contributed by atoms with Crippen LogP contribution in [-0.2, 0) is 0 Å². The van der Waals surface area contributed by atoms with E-state index in [0.717, 1.165) is 6.07 Å². The van der Waals surface area contributed by atoms with Crippen molar-refractivity contribution in [2.75, 3.05) is 11.1 Å². The van der Waals surface area contributed by atoms with Gasteiger partial charge in [0.1, 0.15) is 0 Å². The number of carbonyl (C=O) groups excluding carboxylic acids is 1. The Hall–Kier alpha value is -2.60. The molecule has 0 unspecified atom stereocenters. The molecule has 0 fully saturated rings. The number of nitro groups is 1. The highest BCUT2D eigenvalue weighted by atomic mass is 35.5. The fourth-order valence-electron chi connectivity index (χ4n) is 1.62. The normalized spacial score (nSPS) is 10.1. The number of nitrogens with one attached hydrogen (secondary N) is 1. The summed E-state index contributed by atoms with van der Waals surface area (Å²) in [4.78, 5) is 22.2. The average molecular weight is 292 g/mol. The Morgan fingerprint density at radius 2 is 2.00 bits per heavy atom. The molecule has 2 aromatic carbocycles. The highest BCUT2D eigenvalue weighted by Crippen LogP contribution is 2.22. The number of nitro benzene ring substituents is 1. The largest absolute Gasteiger partial charge is 0.398 e. The second-order valence-corrected chi connectivity index (χ2v) is 4.43. The third kappa shape index (κ3) is 3.04. The van der Waals surface area contributed by atoms with Gasteiger partial charge in [0.15, 0.2) is 0 Å². The maximum absolute atomic E-state index is 12.1. The summed E-state index contributed by atoms with van der Waals surface area (Å²) in [6.45, 7) is 0. The Bertz CT molecular complexity index is 688. The van der Waals surface area contributed by atoms with E-state index in [1.54, 1.807) is 24.3 Å². The van der Waals surface area contributed by atoms with Crippen molar-refractivity contribution in [1.29, 1.82) is 0 Å². The zero-order chi connectivity index (χ0) is 14.7. The van der Waals surface area contributed by atoms with Gasteiger partial charge in [-0.3, -0.25) is 14.9 Å². The summed E-state index contributed by atoms with van der Waals surface area (Å²) in [5, 5.41) is 13.8. The molecule has 1 amide bonds. The number of rotatable bonds is 3. The molecule has 0 bridgehead atoms. The second kappa shape index (κ2) is 5.58. The van der Waals surface area contributed by atoms with Crippen molar-refractivity contribution in [1.82, 2.24) is 0 Å². The van der Waals surface area contributed by atoms with Crippen LogP contribution < -0.4 is 11.1 Å². The third-order valence-electron chi connectivity index (χ3n) is 2.57. The fraction of sp³-hybridized carbons (Fsp3) is 0. The molecule has 0 aliphatic heterocycles. The minimum atomic E-state index is -0.588. The molecule has 0 atom stereocenters. The SMILES string of the molecule is Nc1ccc([N+](=O)[O-])cc1C(=O)Nc1cccc(Cl)c1. The lowest BCUT2D eigenvalue weighted by atomic mass is 10.1. The van der Waals surface area contributed by atoms with Gasteiger partial charge in [-0.15, -0.1) is 0 Å². The molecule has 0 heterocycles. The second-order valence-electron chi connectivity index (χ2n) is 3.99. The van der Waals surface area contributed by atoms with Gasteiger partial charge < -0.3 is 11.1 Å². The van der Waals surface area contributed by atoms with Crippen molar-refractivity contribution in [3.05, 3.63) is 63.2 Å². The number of nitrogens with zero attached hydrogens (tertiary/aromatic N) is 1. The van der Waals surface area contributed by atoms with Crippen LogP contribution in [0.15, 0.2) is 42.5 Å². The smallest absolute Gasteiger partial charge is 0.270 e. The number of anilines is 2. The maximum atomic E-state index is 12.1. The first-order valence-corrected chi connectivity index (χ1v) is 5.96. The maximum Gasteiger partial charge on any atom is 0.270 e. The molecule has 0 saturated heterocycles. The topological polar surface area (TPSA) is 98.3 Å². The Labute approximate surface area is 119 Å². The number of halogens is 1. The number of benzene rings is 2. The van der Waals surface area contributed by atoms with Gasteiger partial charge in [-0.1, -0.05) is 17.7 Å². The molecule has 6 nitrogen and oxygen atoms in total. The Kier molecular flexibility index (Phi) is 3.86. The van der Waals surface area contributed by atoms with Crippen molar-refractivity contribution in [2.45, 2.75) is 0 Å². The van der Waals surface area contributed by atoms with Crippen molar-refractivity contribution in [3.8, 4) is 0 Å². The molecular weight excluding hydrogens is 282 g/mol. The van der Waals surface area contributed by atoms with Crippen molar-refractivity contribution >= 4 is 34.6 Å². The zero-order valence-corrected chi connectivity index (χ0v) is 10.9. The van der Waals surface area contributed by atoms with E-state index < -0.39 is 10.8 Å². The van der Waals surface area contributed by atoms with E-state index in [-0.39, 0.29) is 16.9 Å². The molecule has 0 radical (unpaired) electrons. The van der Waals surface area contributed by atoms with Crippen LogP contribution in [-0.4, -0.2) is 10.8 Å². The summed E-state index contributed by atoms with van der Waals surface area (Å²) in [5.41, 5.74) is 6.15. The number of carbonyl (C=O) groups is 1. The molecule has 0 saturated carbocycles. The van der Waals surface area contributed by atoms with Gasteiger partial charge in [-0.2, -0.15) is 0 Å². The van der Waals surface area contributed by atoms with Crippen LogP contribution in [0.4, 0.5) is 17.1 Å². The molecule has 0 aliphatic rings. The van der Waals surface area contributed by atoms with Crippen LogP contribution in [0.3, 0.4) is 0 Å². The minimum Gasteiger partial charge on any atom is -0.398 e. The van der Waals surface area contributed by atoms with Crippen LogP contribution in [0.5, 0.6) is 0 Å². The van der Waals surface area contributed by atoms with E-state index in [0.29, 0.717) is 10.7 Å². The van der Waals surface area contributed by atoms with Crippen LogP contribution in [0.1, 0.15) is 10.4 Å². The molecule has 7 heteroatoms. The minimum absolute atomic E-state index is 0.0409. The standard InChI is InChI=1S/C13H10ClN3O3/c14-8-2-1-3-9(6-8)16-13(18)11-7-10(17(19)20)4-5-12(11)15/h1-7H,15H2,(H,16,18). The summed E-state index contributed by atoms with van der Waals surface area (Å²) in [5.74, 6) is -0.534. The molecule has 102 valence electrons. The fourth-order valence-corrected chi connectivity index (χ4v) is 1.81. The lowest BCUT2D eigenvalue weighted by Crippen LogP contribution is -2.14. The first-order chi connectivity index (χ1) is 9.47. The van der Waals surface area contributed by atoms with E-state index in [1.807, 2.05) is 0 Å². The predicted octanol–water partition coefficient (Wildman–Crippen LogP) is 3.08. The Balaban J connectivity index is 2.29. The molecule has 2 aromatic rings. The highest BCUT2D eigenvalue weighted by Gasteiger charge is 2.15. The van der Waals surface area contributed by atoms with Gasteiger partial charge in [0.2, 0.25) is 0 Å². The van der Waals surface area contributed by atoms with Gasteiger partial charge >= 0.3 is 0 Å². The summed E-state index contributed by atoms with van der Waals surface area (Å²) >= 11 is 5.81. The van der Waals surface area contributed by atoms with Crippen molar-refractivity contribution in [3.63, 3.8) is 0 Å². The van der Waals surface area contributed by atoms with Gasteiger partial charge in [0.25, 0.3) is 11.6 Å². The van der Waals surface area contributed by atoms with Crippen molar-refractivity contribution in [2.24, 2.45) is 0 Å². The molecular formula is C13H10ClN3O3. The zero-order valence-electron chi connectivity index (χ0n) is 10.2. The number of hydrogen-bond acceptors (Lipinski definition) is 4. The van der Waals surface area contributed by atoms with E-state index in [9.17, 15) is 14.9 Å². The summed E-state index contributed by atoms with van der Waals surface area (Å²) in [6, 6.07) is 10.3. The van der Waals surface area contributed by atoms with Gasteiger partial charge in [-0.05, 0) is 24.3 Å². The monoisotopic (exact) mass is 291 g/mol. The average Bonchev–Trinajstić information content (AvgIpc) is 2.38. The third-order valence-corrected chi connectivity index (χ3v) is 2.81. The molecule has 2 rings (SSSR count).